The van der Waals surface area contributed by atoms with Gasteiger partial charge < -0.3 is 15.1 Å². The molecule has 176 valence electrons. The average molecular weight is 456 g/mol. The predicted octanol–water partition coefficient (Wildman–Crippen LogP) is 5.60. The zero-order valence-electron chi connectivity index (χ0n) is 20.2. The topological polar surface area (TPSA) is 52.7 Å². The molecule has 0 spiro atoms. The van der Waals surface area contributed by atoms with Crippen LogP contribution in [-0.4, -0.2) is 41.9 Å². The maximum absolute atomic E-state index is 13.5. The second-order valence-electron chi connectivity index (χ2n) is 9.35. The molecule has 3 aromatic carbocycles. The molecule has 3 aromatic rings. The monoisotopic (exact) mass is 455 g/mol. The molecular formula is C29H33N3O2. The van der Waals surface area contributed by atoms with Crippen molar-refractivity contribution < 1.29 is 9.59 Å². The summed E-state index contributed by atoms with van der Waals surface area (Å²) in [5, 5.41) is 3.04. The van der Waals surface area contributed by atoms with Crippen molar-refractivity contribution in [1.82, 2.24) is 9.80 Å². The van der Waals surface area contributed by atoms with Gasteiger partial charge >= 0.3 is 6.03 Å². The normalized spacial score (nSPS) is 17.8. The Bertz CT molecular complexity index is 1130. The fourth-order valence-corrected chi connectivity index (χ4v) is 4.68. The highest BCUT2D eigenvalue weighted by atomic mass is 16.2. The molecule has 2 atom stereocenters. The van der Waals surface area contributed by atoms with Crippen LogP contribution in [0.3, 0.4) is 0 Å². The molecule has 0 radical (unpaired) electrons. The van der Waals surface area contributed by atoms with E-state index in [-0.39, 0.29) is 23.8 Å². The number of anilines is 1. The fraction of sp³-hybridized carbons (Fsp3) is 0.310. The summed E-state index contributed by atoms with van der Waals surface area (Å²) in [6.07, 6.45) is 0.732. The molecule has 0 aliphatic carbocycles. The number of carbonyl (C=O) groups is 2. The van der Waals surface area contributed by atoms with Crippen molar-refractivity contribution in [2.45, 2.75) is 32.7 Å². The lowest BCUT2D eigenvalue weighted by Crippen LogP contribution is -2.49. The van der Waals surface area contributed by atoms with Crippen molar-refractivity contribution in [3.05, 3.63) is 101 Å². The Balaban J connectivity index is 1.52. The number of hydrogen-bond donors (Lipinski definition) is 1. The zero-order valence-corrected chi connectivity index (χ0v) is 20.2. The molecule has 0 aromatic heterocycles. The van der Waals surface area contributed by atoms with Gasteiger partial charge in [0.2, 0.25) is 5.91 Å². The van der Waals surface area contributed by atoms with Crippen molar-refractivity contribution in [3.8, 4) is 0 Å². The van der Waals surface area contributed by atoms with Crippen molar-refractivity contribution in [2.24, 2.45) is 5.92 Å². The van der Waals surface area contributed by atoms with Gasteiger partial charge in [0.25, 0.3) is 0 Å². The highest BCUT2D eigenvalue weighted by Crippen LogP contribution is 2.32. The summed E-state index contributed by atoms with van der Waals surface area (Å²) in [5.74, 6) is -0.0637. The fourth-order valence-electron chi connectivity index (χ4n) is 4.68. The molecule has 1 fully saturated rings. The van der Waals surface area contributed by atoms with Gasteiger partial charge in [0.05, 0.1) is 5.92 Å². The van der Waals surface area contributed by atoms with Crippen LogP contribution >= 0.6 is 0 Å². The number of aryl methyl sites for hydroxylation is 2. The van der Waals surface area contributed by atoms with E-state index in [1.807, 2.05) is 80.7 Å². The van der Waals surface area contributed by atoms with Crippen molar-refractivity contribution in [3.63, 3.8) is 0 Å². The average Bonchev–Trinajstić information content (AvgIpc) is 2.86. The van der Waals surface area contributed by atoms with Crippen molar-refractivity contribution in [2.75, 3.05) is 25.5 Å². The Labute approximate surface area is 202 Å². The smallest absolute Gasteiger partial charge is 0.321 e. The molecule has 0 bridgehead atoms. The van der Waals surface area contributed by atoms with Gasteiger partial charge in [0, 0.05) is 38.3 Å². The number of amides is 3. The highest BCUT2D eigenvalue weighted by Gasteiger charge is 2.35. The molecular weight excluding hydrogens is 422 g/mol. The summed E-state index contributed by atoms with van der Waals surface area (Å²) in [5.41, 5.74) is 5.35. The molecule has 2 unspecified atom stereocenters. The molecule has 5 heteroatoms. The lowest BCUT2D eigenvalue weighted by atomic mass is 9.84. The third-order valence-corrected chi connectivity index (χ3v) is 6.75. The number of nitrogens with one attached hydrogen (secondary N) is 1. The molecule has 1 heterocycles. The maximum atomic E-state index is 13.5. The van der Waals surface area contributed by atoms with E-state index in [0.717, 1.165) is 28.8 Å². The quantitative estimate of drug-likeness (QED) is 0.544. The van der Waals surface area contributed by atoms with E-state index in [0.29, 0.717) is 19.6 Å². The molecule has 4 rings (SSSR count). The first-order chi connectivity index (χ1) is 16.4. The van der Waals surface area contributed by atoms with Crippen LogP contribution < -0.4 is 5.32 Å². The van der Waals surface area contributed by atoms with E-state index < -0.39 is 0 Å². The summed E-state index contributed by atoms with van der Waals surface area (Å²) < 4.78 is 0. The van der Waals surface area contributed by atoms with E-state index >= 15 is 0 Å². The van der Waals surface area contributed by atoms with Crippen LogP contribution in [-0.2, 0) is 11.3 Å². The van der Waals surface area contributed by atoms with Crippen LogP contribution in [0.4, 0.5) is 10.5 Å². The molecule has 0 saturated carbocycles. The van der Waals surface area contributed by atoms with Gasteiger partial charge in [0.1, 0.15) is 0 Å². The summed E-state index contributed by atoms with van der Waals surface area (Å²) in [6, 6.07) is 26.0. The Kier molecular flexibility index (Phi) is 7.31. The van der Waals surface area contributed by atoms with E-state index in [1.54, 1.807) is 9.80 Å². The second kappa shape index (κ2) is 10.6. The van der Waals surface area contributed by atoms with Crippen LogP contribution in [0.5, 0.6) is 0 Å². The Morgan fingerprint density at radius 1 is 0.912 bits per heavy atom. The van der Waals surface area contributed by atoms with E-state index in [1.165, 1.54) is 5.56 Å². The van der Waals surface area contributed by atoms with E-state index in [2.05, 4.69) is 24.4 Å². The molecule has 5 nitrogen and oxygen atoms in total. The summed E-state index contributed by atoms with van der Waals surface area (Å²) in [7, 11) is 1.85. The van der Waals surface area contributed by atoms with Crippen molar-refractivity contribution >= 4 is 17.6 Å². The van der Waals surface area contributed by atoms with Gasteiger partial charge in [-0.2, -0.15) is 0 Å². The van der Waals surface area contributed by atoms with Gasteiger partial charge in [0.15, 0.2) is 0 Å². The Hall–Kier alpha value is -3.60. The SMILES string of the molecule is Cc1ccc(NC(=O)N2CC(C(=O)N(C)Cc3ccccc3)CC(c3ccccc3)C2)cc1C. The largest absolute Gasteiger partial charge is 0.341 e. The third kappa shape index (κ3) is 5.66. The van der Waals surface area contributed by atoms with Crippen LogP contribution in [0, 0.1) is 19.8 Å². The van der Waals surface area contributed by atoms with Crippen LogP contribution in [0.25, 0.3) is 0 Å². The first-order valence-corrected chi connectivity index (χ1v) is 11.9. The highest BCUT2D eigenvalue weighted by molar-refractivity contribution is 5.90. The zero-order chi connectivity index (χ0) is 24.1. The predicted molar refractivity (Wildman–Crippen MR) is 137 cm³/mol. The molecule has 1 saturated heterocycles. The number of piperidine rings is 1. The third-order valence-electron chi connectivity index (χ3n) is 6.75. The van der Waals surface area contributed by atoms with Gasteiger partial charge in [-0.3, -0.25) is 4.79 Å². The van der Waals surface area contributed by atoms with Gasteiger partial charge in [-0.1, -0.05) is 66.7 Å². The summed E-state index contributed by atoms with van der Waals surface area (Å²) in [4.78, 5) is 30.3. The number of nitrogens with zero attached hydrogens (tertiary/aromatic N) is 2. The Morgan fingerprint density at radius 3 is 2.26 bits per heavy atom. The number of carbonyl (C=O) groups excluding carboxylic acids is 2. The number of urea groups is 1. The van der Waals surface area contributed by atoms with Crippen LogP contribution in [0.1, 0.15) is 34.6 Å². The number of hydrogen-bond acceptors (Lipinski definition) is 2. The summed E-state index contributed by atoms with van der Waals surface area (Å²) >= 11 is 0. The molecule has 1 aliphatic rings. The number of benzene rings is 3. The molecule has 34 heavy (non-hydrogen) atoms. The van der Waals surface area contributed by atoms with Crippen molar-refractivity contribution in [1.29, 1.82) is 0 Å². The number of likely N-dealkylation sites (tertiary alicyclic amines) is 1. The lowest BCUT2D eigenvalue weighted by Gasteiger charge is -2.38. The molecule has 1 N–H and O–H groups in total. The maximum Gasteiger partial charge on any atom is 0.321 e. The second-order valence-corrected chi connectivity index (χ2v) is 9.35. The minimum Gasteiger partial charge on any atom is -0.341 e. The van der Waals surface area contributed by atoms with E-state index in [4.69, 9.17) is 0 Å². The van der Waals surface area contributed by atoms with Gasteiger partial charge in [-0.05, 0) is 54.7 Å². The standard InChI is InChI=1S/C29H33N3O2/c1-21-14-15-27(16-22(21)2)30-29(34)32-19-25(24-12-8-5-9-13-24)17-26(20-32)28(33)31(3)18-23-10-6-4-7-11-23/h4-16,25-26H,17-20H2,1-3H3,(H,30,34). The van der Waals surface area contributed by atoms with Gasteiger partial charge in [-0.25, -0.2) is 4.79 Å². The van der Waals surface area contributed by atoms with Gasteiger partial charge in [-0.15, -0.1) is 0 Å². The first kappa shape index (κ1) is 23.6. The minimum atomic E-state index is -0.252. The van der Waals surface area contributed by atoms with Crippen LogP contribution in [0.15, 0.2) is 78.9 Å². The number of rotatable bonds is 5. The first-order valence-electron chi connectivity index (χ1n) is 11.9. The Morgan fingerprint density at radius 2 is 1.59 bits per heavy atom. The minimum absolute atomic E-state index is 0.0773. The van der Waals surface area contributed by atoms with Crippen LogP contribution in [0.2, 0.25) is 0 Å². The summed E-state index contributed by atoms with van der Waals surface area (Å²) in [6.45, 7) is 5.65. The molecule has 1 aliphatic heterocycles. The molecule has 3 amide bonds. The lowest BCUT2D eigenvalue weighted by molar-refractivity contribution is -0.136. The van der Waals surface area contributed by atoms with E-state index in [9.17, 15) is 9.59 Å².